The third-order valence-electron chi connectivity index (χ3n) is 2.72. The summed E-state index contributed by atoms with van der Waals surface area (Å²) in [5.74, 6) is -0.707. The minimum absolute atomic E-state index is 0.132. The molecule has 0 aliphatic carbocycles. The molecule has 0 amide bonds. The molecule has 1 aromatic rings. The molecule has 6 heteroatoms. The second-order valence-corrected chi connectivity index (χ2v) is 3.97. The zero-order valence-electron chi connectivity index (χ0n) is 9.43. The van der Waals surface area contributed by atoms with Crippen LogP contribution >= 0.6 is 0 Å². The lowest BCUT2D eigenvalue weighted by Crippen LogP contribution is -2.27. The molecule has 1 aliphatic rings. The number of anilines is 1. The van der Waals surface area contributed by atoms with Crippen LogP contribution < -0.4 is 5.32 Å². The summed E-state index contributed by atoms with van der Waals surface area (Å²) in [6, 6.07) is 1.43. The minimum Gasteiger partial charge on any atom is -0.478 e. The number of hydrogen-bond acceptors (Lipinski definition) is 5. The van der Waals surface area contributed by atoms with Crippen molar-refractivity contribution in [3.8, 4) is 0 Å². The Labute approximate surface area is 99.0 Å². The number of hydrogen-bond donors (Lipinski definition) is 2. The molecular formula is C11H15N3O3. The predicted octanol–water partition coefficient (Wildman–Crippen LogP) is 1.16. The van der Waals surface area contributed by atoms with Crippen molar-refractivity contribution >= 4 is 11.8 Å². The molecule has 17 heavy (non-hydrogen) atoms. The van der Waals surface area contributed by atoms with E-state index in [0.717, 1.165) is 25.9 Å². The second kappa shape index (κ2) is 5.58. The topological polar surface area (TPSA) is 84.3 Å². The van der Waals surface area contributed by atoms with Gasteiger partial charge in [0.2, 0.25) is 0 Å². The number of carboxylic acid groups (broad SMARTS) is 1. The summed E-state index contributed by atoms with van der Waals surface area (Å²) in [5.41, 5.74) is 0.135. The number of aromatic nitrogens is 2. The van der Waals surface area contributed by atoms with Crippen LogP contribution in [-0.4, -0.2) is 40.5 Å². The highest BCUT2D eigenvalue weighted by atomic mass is 16.5. The molecule has 1 atom stereocenters. The first kappa shape index (κ1) is 11.8. The van der Waals surface area contributed by atoms with E-state index in [9.17, 15) is 4.79 Å². The lowest BCUT2D eigenvalue weighted by Gasteiger charge is -2.23. The molecule has 1 aromatic heterocycles. The Bertz CT molecular complexity index is 391. The van der Waals surface area contributed by atoms with Crippen molar-refractivity contribution in [2.24, 2.45) is 0 Å². The molecule has 92 valence electrons. The van der Waals surface area contributed by atoms with E-state index >= 15 is 0 Å². The minimum atomic E-state index is -1.01. The Morgan fingerprint density at radius 3 is 3.18 bits per heavy atom. The Hall–Kier alpha value is -1.69. The monoisotopic (exact) mass is 237 g/mol. The number of rotatable bonds is 4. The molecular weight excluding hydrogens is 222 g/mol. The first-order chi connectivity index (χ1) is 8.27. The average molecular weight is 237 g/mol. The molecule has 0 saturated carbocycles. The van der Waals surface area contributed by atoms with Crippen LogP contribution in [0.4, 0.5) is 5.82 Å². The van der Waals surface area contributed by atoms with E-state index in [2.05, 4.69) is 15.5 Å². The SMILES string of the molecule is O=C(O)c1ccnnc1NCC1CCCCO1. The molecule has 2 N–H and O–H groups in total. The normalized spacial score (nSPS) is 19.9. The summed E-state index contributed by atoms with van der Waals surface area (Å²) in [6.07, 6.45) is 4.74. The van der Waals surface area contributed by atoms with Gasteiger partial charge in [-0.25, -0.2) is 4.79 Å². The van der Waals surface area contributed by atoms with Gasteiger partial charge in [-0.1, -0.05) is 0 Å². The van der Waals surface area contributed by atoms with Crippen molar-refractivity contribution in [2.45, 2.75) is 25.4 Å². The maximum atomic E-state index is 10.9. The van der Waals surface area contributed by atoms with Crippen molar-refractivity contribution in [1.29, 1.82) is 0 Å². The van der Waals surface area contributed by atoms with E-state index in [4.69, 9.17) is 9.84 Å². The first-order valence-electron chi connectivity index (χ1n) is 5.68. The van der Waals surface area contributed by atoms with Crippen molar-refractivity contribution < 1.29 is 14.6 Å². The van der Waals surface area contributed by atoms with Crippen LogP contribution in [0.1, 0.15) is 29.6 Å². The van der Waals surface area contributed by atoms with E-state index in [1.807, 2.05) is 0 Å². The highest BCUT2D eigenvalue weighted by molar-refractivity contribution is 5.92. The standard InChI is InChI=1S/C11H15N3O3/c15-11(16)9-4-5-13-14-10(9)12-7-8-3-1-2-6-17-8/h4-5,8H,1-3,6-7H2,(H,12,14)(H,15,16). The molecule has 0 aromatic carbocycles. The molecule has 1 aliphatic heterocycles. The van der Waals surface area contributed by atoms with Crippen LogP contribution in [-0.2, 0) is 4.74 Å². The van der Waals surface area contributed by atoms with Crippen LogP contribution in [0.2, 0.25) is 0 Å². The maximum Gasteiger partial charge on any atom is 0.339 e. The Morgan fingerprint density at radius 1 is 1.59 bits per heavy atom. The summed E-state index contributed by atoms with van der Waals surface area (Å²) < 4.78 is 5.54. The van der Waals surface area contributed by atoms with Gasteiger partial charge in [0.15, 0.2) is 5.82 Å². The van der Waals surface area contributed by atoms with E-state index < -0.39 is 5.97 Å². The lowest BCUT2D eigenvalue weighted by atomic mass is 10.1. The van der Waals surface area contributed by atoms with Crippen LogP contribution in [0.5, 0.6) is 0 Å². The molecule has 0 radical (unpaired) electrons. The third-order valence-corrected chi connectivity index (χ3v) is 2.72. The highest BCUT2D eigenvalue weighted by Crippen LogP contribution is 2.15. The quantitative estimate of drug-likeness (QED) is 0.817. The first-order valence-corrected chi connectivity index (χ1v) is 5.68. The highest BCUT2D eigenvalue weighted by Gasteiger charge is 2.16. The van der Waals surface area contributed by atoms with Gasteiger partial charge >= 0.3 is 5.97 Å². The zero-order valence-corrected chi connectivity index (χ0v) is 9.43. The molecule has 6 nitrogen and oxygen atoms in total. The molecule has 1 unspecified atom stereocenters. The van der Waals surface area contributed by atoms with Crippen LogP contribution in [0.15, 0.2) is 12.3 Å². The number of aromatic carboxylic acids is 1. The van der Waals surface area contributed by atoms with Crippen LogP contribution in [0.3, 0.4) is 0 Å². The van der Waals surface area contributed by atoms with Gasteiger partial charge in [-0.3, -0.25) is 0 Å². The van der Waals surface area contributed by atoms with Crippen molar-refractivity contribution in [1.82, 2.24) is 10.2 Å². The number of nitrogens with zero attached hydrogens (tertiary/aromatic N) is 2. The smallest absolute Gasteiger partial charge is 0.339 e. The molecule has 1 fully saturated rings. The van der Waals surface area contributed by atoms with Gasteiger partial charge in [-0.2, -0.15) is 5.10 Å². The third kappa shape index (κ3) is 3.13. The fourth-order valence-electron chi connectivity index (χ4n) is 1.81. The lowest BCUT2D eigenvalue weighted by molar-refractivity contribution is 0.0246. The Balaban J connectivity index is 1.96. The van der Waals surface area contributed by atoms with Crippen molar-refractivity contribution in [3.05, 3.63) is 17.8 Å². The van der Waals surface area contributed by atoms with Gasteiger partial charge < -0.3 is 15.2 Å². The van der Waals surface area contributed by atoms with Crippen LogP contribution in [0.25, 0.3) is 0 Å². The number of nitrogens with one attached hydrogen (secondary N) is 1. The summed E-state index contributed by atoms with van der Waals surface area (Å²) in [4.78, 5) is 10.9. The summed E-state index contributed by atoms with van der Waals surface area (Å²) in [6.45, 7) is 1.34. The van der Waals surface area contributed by atoms with Crippen molar-refractivity contribution in [3.63, 3.8) is 0 Å². The van der Waals surface area contributed by atoms with Gasteiger partial charge in [0, 0.05) is 13.2 Å². The number of carboxylic acids is 1. The van der Waals surface area contributed by atoms with E-state index in [0.29, 0.717) is 12.4 Å². The molecule has 0 bridgehead atoms. The zero-order chi connectivity index (χ0) is 12.1. The number of carbonyl (C=O) groups is 1. The Kier molecular flexibility index (Phi) is 3.87. The summed E-state index contributed by atoms with van der Waals surface area (Å²) in [5, 5.41) is 19.4. The maximum absolute atomic E-state index is 10.9. The van der Waals surface area contributed by atoms with E-state index in [-0.39, 0.29) is 11.7 Å². The molecule has 0 spiro atoms. The van der Waals surface area contributed by atoms with E-state index in [1.165, 1.54) is 12.3 Å². The predicted molar refractivity (Wildman–Crippen MR) is 61.1 cm³/mol. The summed E-state index contributed by atoms with van der Waals surface area (Å²) >= 11 is 0. The van der Waals surface area contributed by atoms with Gasteiger partial charge in [0.25, 0.3) is 0 Å². The summed E-state index contributed by atoms with van der Waals surface area (Å²) in [7, 11) is 0. The fraction of sp³-hybridized carbons (Fsp3) is 0.545. The van der Waals surface area contributed by atoms with E-state index in [1.54, 1.807) is 0 Å². The van der Waals surface area contributed by atoms with Gasteiger partial charge in [0.05, 0.1) is 12.3 Å². The average Bonchev–Trinajstić information content (AvgIpc) is 2.38. The molecule has 1 saturated heterocycles. The Morgan fingerprint density at radius 2 is 2.47 bits per heavy atom. The molecule has 2 heterocycles. The van der Waals surface area contributed by atoms with Crippen molar-refractivity contribution in [2.75, 3.05) is 18.5 Å². The fourth-order valence-corrected chi connectivity index (χ4v) is 1.81. The second-order valence-electron chi connectivity index (χ2n) is 3.97. The number of ether oxygens (including phenoxy) is 1. The van der Waals surface area contributed by atoms with Gasteiger partial charge in [0.1, 0.15) is 5.56 Å². The largest absolute Gasteiger partial charge is 0.478 e. The van der Waals surface area contributed by atoms with Gasteiger partial charge in [-0.15, -0.1) is 5.10 Å². The van der Waals surface area contributed by atoms with Gasteiger partial charge in [-0.05, 0) is 25.3 Å². The molecule has 2 rings (SSSR count). The van der Waals surface area contributed by atoms with Crippen LogP contribution in [0, 0.1) is 0 Å².